The molecule has 3 amide bonds. The zero-order valence-electron chi connectivity index (χ0n) is 24.9. The number of hydrogen-bond acceptors (Lipinski definition) is 4. The van der Waals surface area contributed by atoms with Gasteiger partial charge in [-0.05, 0) is 25.0 Å². The van der Waals surface area contributed by atoms with Gasteiger partial charge in [0.2, 0.25) is 17.7 Å². The van der Waals surface area contributed by atoms with Gasteiger partial charge in [0.15, 0.2) is 0 Å². The molecule has 2 aromatic rings. The second-order valence-corrected chi connectivity index (χ2v) is 11.0. The van der Waals surface area contributed by atoms with Gasteiger partial charge in [0.25, 0.3) is 0 Å². The van der Waals surface area contributed by atoms with E-state index in [4.69, 9.17) is 0 Å². The molecule has 41 heavy (non-hydrogen) atoms. The summed E-state index contributed by atoms with van der Waals surface area (Å²) >= 11 is 0. The summed E-state index contributed by atoms with van der Waals surface area (Å²) in [5, 5.41) is 18.1. The zero-order valence-corrected chi connectivity index (χ0v) is 24.9. The van der Waals surface area contributed by atoms with E-state index in [0.717, 1.165) is 35.7 Å². The van der Waals surface area contributed by atoms with Gasteiger partial charge in [-0.15, -0.1) is 0 Å². The van der Waals surface area contributed by atoms with Gasteiger partial charge < -0.3 is 26.0 Å². The minimum absolute atomic E-state index is 0.102. The maximum absolute atomic E-state index is 12.4. The summed E-state index contributed by atoms with van der Waals surface area (Å²) in [6.45, 7) is 3.43. The van der Waals surface area contributed by atoms with Crippen molar-refractivity contribution in [2.75, 3.05) is 6.54 Å². The number of hydrogen-bond donors (Lipinski definition) is 5. The minimum Gasteiger partial charge on any atom is -0.480 e. The molecule has 0 radical (unpaired) electrons. The monoisotopic (exact) mass is 570 g/mol. The number of aromatic amines is 1. The van der Waals surface area contributed by atoms with Crippen molar-refractivity contribution in [3.63, 3.8) is 0 Å². The van der Waals surface area contributed by atoms with Crippen molar-refractivity contribution in [3.05, 3.63) is 36.0 Å². The van der Waals surface area contributed by atoms with Crippen LogP contribution in [0.15, 0.2) is 30.5 Å². The van der Waals surface area contributed by atoms with E-state index in [2.05, 4.69) is 27.9 Å². The molecule has 0 aliphatic rings. The molecule has 228 valence electrons. The molecule has 1 heterocycles. The summed E-state index contributed by atoms with van der Waals surface area (Å²) in [6.07, 6.45) is 18.2. The summed E-state index contributed by atoms with van der Waals surface area (Å²) < 4.78 is 0. The number of carbonyl (C=O) groups excluding carboxylic acids is 3. The van der Waals surface area contributed by atoms with Crippen LogP contribution in [0.1, 0.15) is 109 Å². The molecule has 9 nitrogen and oxygen atoms in total. The number of unbranched alkanes of at least 4 members (excludes halogenated alkanes) is 12. The topological polar surface area (TPSA) is 140 Å². The van der Waals surface area contributed by atoms with Crippen LogP contribution in [-0.2, 0) is 25.6 Å². The highest BCUT2D eigenvalue weighted by Gasteiger charge is 2.23. The normalized spacial score (nSPS) is 12.5. The number of fused-ring (bicyclic) bond motifs is 1. The van der Waals surface area contributed by atoms with E-state index in [9.17, 15) is 24.3 Å². The summed E-state index contributed by atoms with van der Waals surface area (Å²) in [4.78, 5) is 51.8. The first-order valence-electron chi connectivity index (χ1n) is 15.5. The van der Waals surface area contributed by atoms with Crippen LogP contribution in [0.25, 0.3) is 10.9 Å². The molecular weight excluding hydrogens is 520 g/mol. The number of amides is 3. The van der Waals surface area contributed by atoms with Crippen LogP contribution in [0.5, 0.6) is 0 Å². The lowest BCUT2D eigenvalue weighted by atomic mass is 10.0. The Kier molecular flexibility index (Phi) is 16.2. The number of para-hydroxylation sites is 1. The first-order chi connectivity index (χ1) is 19.8. The third kappa shape index (κ3) is 13.7. The highest BCUT2D eigenvalue weighted by Crippen LogP contribution is 2.19. The van der Waals surface area contributed by atoms with Gasteiger partial charge in [0.1, 0.15) is 12.1 Å². The van der Waals surface area contributed by atoms with E-state index in [1.807, 2.05) is 24.3 Å². The third-order valence-electron chi connectivity index (χ3n) is 7.43. The smallest absolute Gasteiger partial charge is 0.326 e. The van der Waals surface area contributed by atoms with Crippen LogP contribution < -0.4 is 16.0 Å². The molecule has 5 N–H and O–H groups in total. The van der Waals surface area contributed by atoms with Gasteiger partial charge in [-0.3, -0.25) is 14.4 Å². The Balaban J connectivity index is 1.55. The highest BCUT2D eigenvalue weighted by atomic mass is 16.4. The average Bonchev–Trinajstić information content (AvgIpc) is 3.36. The first kappa shape index (κ1) is 33.8. The molecule has 2 atom stereocenters. The van der Waals surface area contributed by atoms with Crippen molar-refractivity contribution >= 4 is 34.6 Å². The van der Waals surface area contributed by atoms with Gasteiger partial charge in [-0.2, -0.15) is 0 Å². The molecule has 2 rings (SSSR count). The van der Waals surface area contributed by atoms with Gasteiger partial charge in [-0.1, -0.05) is 102 Å². The predicted octanol–water partition coefficient (Wildman–Crippen LogP) is 5.38. The SMILES string of the molecule is CCCCCCCCCCCCCCCC(=O)N[C@@H](C)C(=O)NCC(=O)N[C@@H](Cc1c[nH]c2ccccc12)C(=O)O. The lowest BCUT2D eigenvalue weighted by molar-refractivity contribution is -0.141. The van der Waals surface area contributed by atoms with Gasteiger partial charge in [0.05, 0.1) is 6.54 Å². The van der Waals surface area contributed by atoms with Gasteiger partial charge >= 0.3 is 5.97 Å². The van der Waals surface area contributed by atoms with E-state index in [1.165, 1.54) is 64.2 Å². The largest absolute Gasteiger partial charge is 0.480 e. The predicted molar refractivity (Wildman–Crippen MR) is 162 cm³/mol. The number of rotatable bonds is 22. The van der Waals surface area contributed by atoms with Crippen molar-refractivity contribution in [1.29, 1.82) is 0 Å². The Hall–Kier alpha value is -3.36. The molecule has 0 bridgehead atoms. The van der Waals surface area contributed by atoms with Crippen LogP contribution in [0, 0.1) is 0 Å². The standard InChI is InChI=1S/C32H50N4O5/c1-3-4-5-6-7-8-9-10-11-12-13-14-15-20-29(37)35-24(2)31(39)34-23-30(38)36-28(32(40)41)21-25-22-33-27-19-17-16-18-26(25)27/h16-19,22,24,28,33H,3-15,20-21,23H2,1-2H3,(H,34,39)(H,35,37)(H,36,38)(H,40,41)/t24-,28-/m0/s1. The average molecular weight is 571 g/mol. The lowest BCUT2D eigenvalue weighted by Crippen LogP contribution is -2.50. The second-order valence-electron chi connectivity index (χ2n) is 11.0. The van der Waals surface area contributed by atoms with Crippen molar-refractivity contribution in [2.45, 2.75) is 122 Å². The number of H-pyrrole nitrogens is 1. The Morgan fingerprint density at radius 2 is 1.39 bits per heavy atom. The van der Waals surface area contributed by atoms with Crippen LogP contribution in [0.3, 0.4) is 0 Å². The molecule has 1 aromatic heterocycles. The molecule has 9 heteroatoms. The number of carboxylic acid groups (broad SMARTS) is 1. The number of aromatic nitrogens is 1. The Bertz CT molecular complexity index is 1080. The number of carbonyl (C=O) groups is 4. The first-order valence-corrected chi connectivity index (χ1v) is 15.5. The van der Waals surface area contributed by atoms with E-state index in [-0.39, 0.29) is 18.9 Å². The fourth-order valence-electron chi connectivity index (χ4n) is 4.97. The molecule has 0 unspecified atom stereocenters. The molecule has 1 aromatic carbocycles. The highest BCUT2D eigenvalue weighted by molar-refractivity contribution is 5.91. The maximum Gasteiger partial charge on any atom is 0.326 e. The molecule has 0 saturated carbocycles. The number of carboxylic acids is 1. The maximum atomic E-state index is 12.4. The molecule has 0 fully saturated rings. The van der Waals surface area contributed by atoms with Crippen molar-refractivity contribution in [2.24, 2.45) is 0 Å². The minimum atomic E-state index is -1.16. The van der Waals surface area contributed by atoms with Crippen LogP contribution in [0.4, 0.5) is 0 Å². The van der Waals surface area contributed by atoms with E-state index in [1.54, 1.807) is 13.1 Å². The summed E-state index contributed by atoms with van der Waals surface area (Å²) in [7, 11) is 0. The molecular formula is C32H50N4O5. The second kappa shape index (κ2) is 19.7. The van der Waals surface area contributed by atoms with Gasteiger partial charge in [-0.25, -0.2) is 4.79 Å². The fraction of sp³-hybridized carbons (Fsp3) is 0.625. The molecule has 0 saturated heterocycles. The third-order valence-corrected chi connectivity index (χ3v) is 7.43. The number of aliphatic carboxylic acids is 1. The van der Waals surface area contributed by atoms with Crippen molar-refractivity contribution in [3.8, 4) is 0 Å². The quantitative estimate of drug-likeness (QED) is 0.121. The summed E-state index contributed by atoms with van der Waals surface area (Å²) in [6, 6.07) is 5.59. The van der Waals surface area contributed by atoms with Crippen LogP contribution in [0.2, 0.25) is 0 Å². The van der Waals surface area contributed by atoms with Crippen molar-refractivity contribution < 1.29 is 24.3 Å². The van der Waals surface area contributed by atoms with E-state index < -0.39 is 29.9 Å². The number of benzene rings is 1. The summed E-state index contributed by atoms with van der Waals surface area (Å²) in [5.41, 5.74) is 1.66. The lowest BCUT2D eigenvalue weighted by Gasteiger charge is -2.16. The number of nitrogens with one attached hydrogen (secondary N) is 4. The van der Waals surface area contributed by atoms with E-state index >= 15 is 0 Å². The van der Waals surface area contributed by atoms with Crippen molar-refractivity contribution in [1.82, 2.24) is 20.9 Å². The fourth-order valence-corrected chi connectivity index (χ4v) is 4.97. The van der Waals surface area contributed by atoms with Crippen LogP contribution >= 0.6 is 0 Å². The Morgan fingerprint density at radius 1 is 0.805 bits per heavy atom. The zero-order chi connectivity index (χ0) is 29.9. The van der Waals surface area contributed by atoms with E-state index in [0.29, 0.717) is 6.42 Å². The van der Waals surface area contributed by atoms with Crippen LogP contribution in [-0.4, -0.2) is 52.4 Å². The Labute approximate surface area is 244 Å². The molecule has 0 spiro atoms. The molecule has 0 aliphatic heterocycles. The Morgan fingerprint density at radius 3 is 2.00 bits per heavy atom. The summed E-state index contributed by atoms with van der Waals surface area (Å²) in [5.74, 6) is -2.47. The molecule has 0 aliphatic carbocycles. The van der Waals surface area contributed by atoms with Gasteiger partial charge in [0, 0.05) is 29.9 Å².